The molecule has 0 fully saturated rings. The summed E-state index contributed by atoms with van der Waals surface area (Å²) in [4.78, 5) is 12.2. The molecule has 1 aromatic carbocycles. The molecule has 1 aromatic heterocycles. The number of nitrogens with one attached hydrogen (secondary N) is 1. The quantitative estimate of drug-likeness (QED) is 0.834. The zero-order valence-electron chi connectivity index (χ0n) is 13.3. The second kappa shape index (κ2) is 7.25. The average Bonchev–Trinajstić information content (AvgIpc) is 2.89. The number of benzene rings is 1. The Kier molecular flexibility index (Phi) is 5.53. The first-order chi connectivity index (χ1) is 11.2. The number of alkyl halides is 3. The van der Waals surface area contributed by atoms with E-state index in [0.717, 1.165) is 21.9 Å². The van der Waals surface area contributed by atoms with Crippen LogP contribution in [0.15, 0.2) is 35.5 Å². The van der Waals surface area contributed by atoms with E-state index in [-0.39, 0.29) is 17.1 Å². The maximum atomic E-state index is 12.7. The van der Waals surface area contributed by atoms with Gasteiger partial charge in [-0.25, -0.2) is 0 Å². The van der Waals surface area contributed by atoms with E-state index in [9.17, 15) is 18.0 Å². The third kappa shape index (κ3) is 4.28. The summed E-state index contributed by atoms with van der Waals surface area (Å²) < 4.78 is 39.0. The van der Waals surface area contributed by atoms with Gasteiger partial charge in [0, 0.05) is 7.05 Å². The molecule has 0 saturated heterocycles. The van der Waals surface area contributed by atoms with Crippen LogP contribution >= 0.6 is 11.8 Å². The third-order valence-electron chi connectivity index (χ3n) is 3.40. The molecule has 2 atom stereocenters. The molecule has 24 heavy (non-hydrogen) atoms. The number of carbonyl (C=O) groups is 1. The standard InChI is InChI=1S/C15H17F3N4OS/c1-9(11-7-5-4-6-8-11)19-12(23)10(2)24-14-21-20-13(22(14)3)15(16,17)18/h4-10H,1-3H3,(H,19,23)/t9-,10-/m1/s1. The zero-order valence-corrected chi connectivity index (χ0v) is 14.1. The maximum Gasteiger partial charge on any atom is 0.451 e. The van der Waals surface area contributed by atoms with E-state index < -0.39 is 17.3 Å². The number of nitrogens with zero attached hydrogens (tertiary/aromatic N) is 3. The Labute approximate surface area is 141 Å². The molecule has 9 heteroatoms. The van der Waals surface area contributed by atoms with Gasteiger partial charge in [0.15, 0.2) is 5.16 Å². The van der Waals surface area contributed by atoms with Gasteiger partial charge >= 0.3 is 6.18 Å². The molecular formula is C15H17F3N4OS. The number of hydrogen-bond acceptors (Lipinski definition) is 4. The van der Waals surface area contributed by atoms with Crippen molar-refractivity contribution < 1.29 is 18.0 Å². The largest absolute Gasteiger partial charge is 0.451 e. The molecule has 0 aliphatic carbocycles. The summed E-state index contributed by atoms with van der Waals surface area (Å²) >= 11 is 0.930. The number of thioether (sulfide) groups is 1. The van der Waals surface area contributed by atoms with E-state index in [1.165, 1.54) is 7.05 Å². The van der Waals surface area contributed by atoms with Crippen LogP contribution < -0.4 is 5.32 Å². The lowest BCUT2D eigenvalue weighted by atomic mass is 10.1. The van der Waals surface area contributed by atoms with Crippen LogP contribution in [0.5, 0.6) is 0 Å². The lowest BCUT2D eigenvalue weighted by molar-refractivity contribution is -0.147. The van der Waals surface area contributed by atoms with Crippen LogP contribution in [0, 0.1) is 0 Å². The fourth-order valence-electron chi connectivity index (χ4n) is 2.03. The van der Waals surface area contributed by atoms with E-state index in [0.29, 0.717) is 0 Å². The van der Waals surface area contributed by atoms with Gasteiger partial charge < -0.3 is 9.88 Å². The molecule has 1 N–H and O–H groups in total. The van der Waals surface area contributed by atoms with Crippen LogP contribution in [-0.2, 0) is 18.0 Å². The third-order valence-corrected chi connectivity index (χ3v) is 4.53. The summed E-state index contributed by atoms with van der Waals surface area (Å²) in [6, 6.07) is 9.19. The minimum atomic E-state index is -4.58. The van der Waals surface area contributed by atoms with Crippen molar-refractivity contribution in [3.8, 4) is 0 Å². The first kappa shape index (κ1) is 18.3. The van der Waals surface area contributed by atoms with Crippen molar-refractivity contribution in [1.29, 1.82) is 0 Å². The van der Waals surface area contributed by atoms with Crippen molar-refractivity contribution >= 4 is 17.7 Å². The Morgan fingerprint density at radius 2 is 1.83 bits per heavy atom. The Morgan fingerprint density at radius 3 is 2.38 bits per heavy atom. The zero-order chi connectivity index (χ0) is 17.9. The Hall–Kier alpha value is -2.03. The number of halogens is 3. The Morgan fingerprint density at radius 1 is 1.21 bits per heavy atom. The minimum Gasteiger partial charge on any atom is -0.349 e. The van der Waals surface area contributed by atoms with Gasteiger partial charge in [0.1, 0.15) is 0 Å². The topological polar surface area (TPSA) is 59.8 Å². The van der Waals surface area contributed by atoms with Crippen LogP contribution in [0.3, 0.4) is 0 Å². The molecular weight excluding hydrogens is 341 g/mol. The Balaban J connectivity index is 2.01. The lowest BCUT2D eigenvalue weighted by Crippen LogP contribution is -2.33. The molecule has 0 saturated carbocycles. The highest BCUT2D eigenvalue weighted by molar-refractivity contribution is 8.00. The van der Waals surface area contributed by atoms with Gasteiger partial charge in [-0.05, 0) is 19.4 Å². The number of amides is 1. The monoisotopic (exact) mass is 358 g/mol. The number of rotatable bonds is 5. The van der Waals surface area contributed by atoms with Gasteiger partial charge in [0.05, 0.1) is 11.3 Å². The van der Waals surface area contributed by atoms with Crippen LogP contribution in [0.1, 0.15) is 31.3 Å². The molecule has 0 aliphatic rings. The first-order valence-electron chi connectivity index (χ1n) is 7.18. The van der Waals surface area contributed by atoms with Crippen molar-refractivity contribution in [2.24, 2.45) is 7.05 Å². The summed E-state index contributed by atoms with van der Waals surface area (Å²) in [7, 11) is 1.22. The molecule has 0 aliphatic heterocycles. The van der Waals surface area contributed by atoms with Gasteiger partial charge in [-0.2, -0.15) is 13.2 Å². The van der Waals surface area contributed by atoms with Crippen molar-refractivity contribution in [3.05, 3.63) is 41.7 Å². The molecule has 0 bridgehead atoms. The van der Waals surface area contributed by atoms with E-state index in [1.54, 1.807) is 6.92 Å². The van der Waals surface area contributed by atoms with Crippen LogP contribution in [0.4, 0.5) is 13.2 Å². The molecule has 1 heterocycles. The van der Waals surface area contributed by atoms with Crippen molar-refractivity contribution in [2.75, 3.05) is 0 Å². The van der Waals surface area contributed by atoms with Crippen molar-refractivity contribution in [1.82, 2.24) is 20.1 Å². The fourth-order valence-corrected chi connectivity index (χ4v) is 2.86. The van der Waals surface area contributed by atoms with E-state index in [2.05, 4.69) is 15.5 Å². The predicted molar refractivity (Wildman–Crippen MR) is 84.3 cm³/mol. The second-order valence-corrected chi connectivity index (χ2v) is 6.57. The van der Waals surface area contributed by atoms with Crippen LogP contribution in [-0.4, -0.2) is 25.9 Å². The van der Waals surface area contributed by atoms with Gasteiger partial charge in [0.25, 0.3) is 0 Å². The Bertz CT molecular complexity index is 702. The molecule has 5 nitrogen and oxygen atoms in total. The number of aromatic nitrogens is 3. The van der Waals surface area contributed by atoms with E-state index >= 15 is 0 Å². The van der Waals surface area contributed by atoms with E-state index in [4.69, 9.17) is 0 Å². The summed E-state index contributed by atoms with van der Waals surface area (Å²) in [5.41, 5.74) is 0.945. The van der Waals surface area contributed by atoms with Gasteiger partial charge in [-0.15, -0.1) is 10.2 Å². The summed E-state index contributed by atoms with van der Waals surface area (Å²) in [6.07, 6.45) is -4.58. The summed E-state index contributed by atoms with van der Waals surface area (Å²) in [5, 5.41) is 8.92. The first-order valence-corrected chi connectivity index (χ1v) is 8.06. The van der Waals surface area contributed by atoms with Crippen LogP contribution in [0.2, 0.25) is 0 Å². The van der Waals surface area contributed by atoms with Crippen LogP contribution in [0.25, 0.3) is 0 Å². The lowest BCUT2D eigenvalue weighted by Gasteiger charge is -2.17. The second-order valence-electron chi connectivity index (χ2n) is 5.26. The molecule has 2 aromatic rings. The molecule has 1 amide bonds. The molecule has 2 rings (SSSR count). The van der Waals surface area contributed by atoms with Gasteiger partial charge in [-0.1, -0.05) is 42.1 Å². The highest BCUT2D eigenvalue weighted by Gasteiger charge is 2.37. The molecule has 130 valence electrons. The maximum absolute atomic E-state index is 12.7. The normalized spacial score (nSPS) is 14.2. The summed E-state index contributed by atoms with van der Waals surface area (Å²) in [5.74, 6) is -1.37. The average molecular weight is 358 g/mol. The fraction of sp³-hybridized carbons (Fsp3) is 0.400. The summed E-state index contributed by atoms with van der Waals surface area (Å²) in [6.45, 7) is 3.45. The van der Waals surface area contributed by atoms with E-state index in [1.807, 2.05) is 37.3 Å². The minimum absolute atomic E-state index is 0.0392. The molecule has 0 radical (unpaired) electrons. The number of carbonyl (C=O) groups excluding carboxylic acids is 1. The highest BCUT2D eigenvalue weighted by Crippen LogP contribution is 2.30. The molecule has 0 unspecified atom stereocenters. The van der Waals surface area contributed by atoms with Crippen molar-refractivity contribution in [3.63, 3.8) is 0 Å². The highest BCUT2D eigenvalue weighted by atomic mass is 32.2. The predicted octanol–water partition coefficient (Wildman–Crippen LogP) is 3.19. The SMILES string of the molecule is C[C@@H](Sc1nnc(C(F)(F)F)n1C)C(=O)N[C@H](C)c1ccccc1. The number of hydrogen-bond donors (Lipinski definition) is 1. The van der Waals surface area contributed by atoms with Crippen molar-refractivity contribution in [2.45, 2.75) is 36.5 Å². The van der Waals surface area contributed by atoms with Gasteiger partial charge in [0.2, 0.25) is 11.7 Å². The smallest absolute Gasteiger partial charge is 0.349 e. The molecule has 0 spiro atoms. The van der Waals surface area contributed by atoms with Gasteiger partial charge in [-0.3, -0.25) is 4.79 Å².